The molecule has 0 aromatic heterocycles. The number of rotatable bonds is 5. The standard InChI is InChI=1S/C22H20O2/c1-17-21(23-17)24-22(18-11-5-2-6-12-18,19-13-7-3-8-14-19)20-15-9-4-10-16-20/h2-17,21H,1H3/t17-,21-/m0/s1. The molecular formula is C22H20O2. The average Bonchev–Trinajstić information content (AvgIpc) is 3.36. The van der Waals surface area contributed by atoms with Crippen LogP contribution in [-0.2, 0) is 15.1 Å². The summed E-state index contributed by atoms with van der Waals surface area (Å²) in [6.07, 6.45) is -0.0638. The van der Waals surface area contributed by atoms with E-state index in [4.69, 9.17) is 9.47 Å². The second-order valence-electron chi connectivity index (χ2n) is 6.11. The van der Waals surface area contributed by atoms with E-state index >= 15 is 0 Å². The Labute approximate surface area is 142 Å². The normalized spacial score (nSPS) is 19.9. The van der Waals surface area contributed by atoms with Crippen molar-refractivity contribution in [2.24, 2.45) is 0 Å². The highest BCUT2D eigenvalue weighted by molar-refractivity contribution is 5.47. The lowest BCUT2D eigenvalue weighted by Gasteiger charge is -2.35. The van der Waals surface area contributed by atoms with Gasteiger partial charge in [0.25, 0.3) is 0 Å². The maximum atomic E-state index is 6.60. The lowest BCUT2D eigenvalue weighted by molar-refractivity contribution is -0.0452. The SMILES string of the molecule is C[C@@H]1O[C@H]1OC(c1ccccc1)(c1ccccc1)c1ccccc1. The van der Waals surface area contributed by atoms with Crippen LogP contribution in [0.1, 0.15) is 23.6 Å². The average molecular weight is 316 g/mol. The predicted octanol–water partition coefficient (Wildman–Crippen LogP) is 4.74. The molecule has 0 amide bonds. The zero-order valence-electron chi connectivity index (χ0n) is 13.6. The number of ether oxygens (including phenoxy) is 2. The number of hydrogen-bond acceptors (Lipinski definition) is 2. The van der Waals surface area contributed by atoms with Crippen LogP contribution in [0, 0.1) is 0 Å². The molecule has 2 atom stereocenters. The van der Waals surface area contributed by atoms with Gasteiger partial charge >= 0.3 is 0 Å². The summed E-state index contributed by atoms with van der Waals surface area (Å²) < 4.78 is 12.2. The summed E-state index contributed by atoms with van der Waals surface area (Å²) in [5.74, 6) is 0. The molecule has 24 heavy (non-hydrogen) atoms. The van der Waals surface area contributed by atoms with Gasteiger partial charge in [-0.3, -0.25) is 0 Å². The Kier molecular flexibility index (Phi) is 3.93. The van der Waals surface area contributed by atoms with Gasteiger partial charge in [-0.15, -0.1) is 0 Å². The first-order chi connectivity index (χ1) is 11.8. The van der Waals surface area contributed by atoms with Gasteiger partial charge in [0.15, 0.2) is 6.29 Å². The third kappa shape index (κ3) is 2.64. The molecule has 0 bridgehead atoms. The Morgan fingerprint density at radius 1 is 0.667 bits per heavy atom. The highest BCUT2D eigenvalue weighted by Crippen LogP contribution is 2.44. The van der Waals surface area contributed by atoms with Crippen LogP contribution >= 0.6 is 0 Å². The molecule has 3 aromatic rings. The molecule has 1 aliphatic rings. The van der Waals surface area contributed by atoms with E-state index in [2.05, 4.69) is 72.8 Å². The van der Waals surface area contributed by atoms with Gasteiger partial charge in [0.2, 0.25) is 0 Å². The maximum absolute atomic E-state index is 6.60. The van der Waals surface area contributed by atoms with Gasteiger partial charge in [-0.25, -0.2) is 0 Å². The lowest BCUT2D eigenvalue weighted by atomic mass is 9.80. The van der Waals surface area contributed by atoms with Crippen LogP contribution in [0.5, 0.6) is 0 Å². The third-order valence-corrected chi connectivity index (χ3v) is 4.49. The summed E-state index contributed by atoms with van der Waals surface area (Å²) in [5.41, 5.74) is 2.62. The first-order valence-corrected chi connectivity index (χ1v) is 8.30. The van der Waals surface area contributed by atoms with Crippen LogP contribution in [0.3, 0.4) is 0 Å². The first-order valence-electron chi connectivity index (χ1n) is 8.30. The van der Waals surface area contributed by atoms with Crippen molar-refractivity contribution in [3.05, 3.63) is 108 Å². The fourth-order valence-corrected chi connectivity index (χ4v) is 3.19. The van der Waals surface area contributed by atoms with Crippen LogP contribution in [0.25, 0.3) is 0 Å². The van der Waals surface area contributed by atoms with Crippen LogP contribution in [0.15, 0.2) is 91.0 Å². The highest BCUT2D eigenvalue weighted by atomic mass is 16.8. The number of benzene rings is 3. The van der Waals surface area contributed by atoms with E-state index in [9.17, 15) is 0 Å². The van der Waals surface area contributed by atoms with Crippen LogP contribution in [0.2, 0.25) is 0 Å². The van der Waals surface area contributed by atoms with Crippen LogP contribution in [-0.4, -0.2) is 12.4 Å². The molecular weight excluding hydrogens is 296 g/mol. The maximum Gasteiger partial charge on any atom is 0.186 e. The fourth-order valence-electron chi connectivity index (χ4n) is 3.19. The van der Waals surface area contributed by atoms with E-state index < -0.39 is 5.60 Å². The zero-order chi connectivity index (χ0) is 16.4. The van der Waals surface area contributed by atoms with Gasteiger partial charge in [-0.1, -0.05) is 91.0 Å². The Morgan fingerprint density at radius 2 is 1.00 bits per heavy atom. The second-order valence-corrected chi connectivity index (χ2v) is 6.11. The van der Waals surface area contributed by atoms with E-state index in [-0.39, 0.29) is 12.4 Å². The monoisotopic (exact) mass is 316 g/mol. The first kappa shape index (κ1) is 15.1. The largest absolute Gasteiger partial charge is 0.342 e. The van der Waals surface area contributed by atoms with Crippen molar-refractivity contribution in [2.45, 2.75) is 24.9 Å². The quantitative estimate of drug-likeness (QED) is 0.501. The molecule has 0 saturated carbocycles. The van der Waals surface area contributed by atoms with Crippen molar-refractivity contribution in [1.82, 2.24) is 0 Å². The summed E-state index contributed by atoms with van der Waals surface area (Å²) in [6.45, 7) is 2.04. The van der Waals surface area contributed by atoms with Crippen LogP contribution < -0.4 is 0 Å². The van der Waals surface area contributed by atoms with E-state index in [1.165, 1.54) is 0 Å². The van der Waals surface area contributed by atoms with E-state index in [0.29, 0.717) is 0 Å². The summed E-state index contributed by atoms with van der Waals surface area (Å²) in [6, 6.07) is 31.1. The van der Waals surface area contributed by atoms with E-state index in [1.807, 2.05) is 25.1 Å². The van der Waals surface area contributed by atoms with Gasteiger partial charge < -0.3 is 9.47 Å². The predicted molar refractivity (Wildman–Crippen MR) is 94.6 cm³/mol. The lowest BCUT2D eigenvalue weighted by Crippen LogP contribution is -2.34. The van der Waals surface area contributed by atoms with Gasteiger partial charge in [0.1, 0.15) is 11.7 Å². The van der Waals surface area contributed by atoms with Crippen molar-refractivity contribution in [1.29, 1.82) is 0 Å². The van der Waals surface area contributed by atoms with Crippen molar-refractivity contribution < 1.29 is 9.47 Å². The Hall–Kier alpha value is -2.42. The van der Waals surface area contributed by atoms with Gasteiger partial charge in [0.05, 0.1) is 0 Å². The zero-order valence-corrected chi connectivity index (χ0v) is 13.6. The molecule has 3 aromatic carbocycles. The number of hydrogen-bond donors (Lipinski definition) is 0. The third-order valence-electron chi connectivity index (χ3n) is 4.49. The van der Waals surface area contributed by atoms with E-state index in [1.54, 1.807) is 0 Å². The summed E-state index contributed by atoms with van der Waals surface area (Å²) in [4.78, 5) is 0. The van der Waals surface area contributed by atoms with Crippen molar-refractivity contribution >= 4 is 0 Å². The summed E-state index contributed by atoms with van der Waals surface area (Å²) in [7, 11) is 0. The van der Waals surface area contributed by atoms with Crippen molar-refractivity contribution in [2.75, 3.05) is 0 Å². The van der Waals surface area contributed by atoms with Crippen molar-refractivity contribution in [3.8, 4) is 0 Å². The summed E-state index contributed by atoms with van der Waals surface area (Å²) >= 11 is 0. The molecule has 1 aliphatic heterocycles. The number of epoxide rings is 1. The molecule has 0 spiro atoms. The second kappa shape index (κ2) is 6.23. The molecule has 4 rings (SSSR count). The van der Waals surface area contributed by atoms with Crippen molar-refractivity contribution in [3.63, 3.8) is 0 Å². The molecule has 0 radical (unpaired) electrons. The molecule has 1 saturated heterocycles. The molecule has 0 N–H and O–H groups in total. The van der Waals surface area contributed by atoms with Gasteiger partial charge in [-0.2, -0.15) is 0 Å². The molecule has 1 fully saturated rings. The molecule has 0 unspecified atom stereocenters. The summed E-state index contributed by atoms with van der Waals surface area (Å²) in [5, 5.41) is 0. The Bertz CT molecular complexity index is 687. The van der Waals surface area contributed by atoms with Gasteiger partial charge in [0, 0.05) is 0 Å². The van der Waals surface area contributed by atoms with E-state index in [0.717, 1.165) is 16.7 Å². The molecule has 0 aliphatic carbocycles. The minimum atomic E-state index is -0.681. The molecule has 2 nitrogen and oxygen atoms in total. The van der Waals surface area contributed by atoms with Gasteiger partial charge in [-0.05, 0) is 23.6 Å². The molecule has 1 heterocycles. The molecule has 120 valence electrons. The van der Waals surface area contributed by atoms with Crippen LogP contribution in [0.4, 0.5) is 0 Å². The Morgan fingerprint density at radius 3 is 1.29 bits per heavy atom. The Balaban J connectivity index is 1.95. The minimum Gasteiger partial charge on any atom is -0.342 e. The topological polar surface area (TPSA) is 21.8 Å². The minimum absolute atomic E-state index is 0.125. The highest BCUT2D eigenvalue weighted by Gasteiger charge is 2.47. The molecule has 2 heteroatoms. The fraction of sp³-hybridized carbons (Fsp3) is 0.182. The smallest absolute Gasteiger partial charge is 0.186 e.